The van der Waals surface area contributed by atoms with Crippen molar-refractivity contribution < 1.29 is 9.90 Å². The van der Waals surface area contributed by atoms with Crippen LogP contribution in [0.15, 0.2) is 42.5 Å². The van der Waals surface area contributed by atoms with Crippen molar-refractivity contribution >= 4 is 11.6 Å². The van der Waals surface area contributed by atoms with Crippen LogP contribution in [0.2, 0.25) is 0 Å². The van der Waals surface area contributed by atoms with Crippen LogP contribution in [-0.4, -0.2) is 11.0 Å². The number of carbonyl (C=O) groups is 1. The lowest BCUT2D eigenvalue weighted by Crippen LogP contribution is -2.20. The number of rotatable bonds is 3. The zero-order chi connectivity index (χ0) is 14.7. The monoisotopic (exact) mass is 269 g/mol. The molecule has 2 N–H and O–H groups in total. The van der Waals surface area contributed by atoms with Crippen molar-refractivity contribution in [2.45, 2.75) is 26.9 Å². The van der Waals surface area contributed by atoms with Crippen molar-refractivity contribution in [3.8, 4) is 0 Å². The number of aliphatic hydroxyl groups excluding tert-OH is 1. The van der Waals surface area contributed by atoms with E-state index in [1.807, 2.05) is 51.1 Å². The fraction of sp³-hybridized carbons (Fsp3) is 0.235. The molecule has 1 atom stereocenters. The standard InChI is InChI=1S/C17H19NO2/c1-11-4-7-14(8-5-11)16(19)17(20)18-15-9-6-12(2)13(3)10-15/h4-10,16,19H,1-3H3,(H,18,20). The third-order valence-corrected chi connectivity index (χ3v) is 3.42. The summed E-state index contributed by atoms with van der Waals surface area (Å²) in [4.78, 5) is 12.0. The summed E-state index contributed by atoms with van der Waals surface area (Å²) in [5.41, 5.74) is 4.66. The highest BCUT2D eigenvalue weighted by Crippen LogP contribution is 2.18. The molecule has 0 aromatic heterocycles. The van der Waals surface area contributed by atoms with Gasteiger partial charge in [0.1, 0.15) is 0 Å². The van der Waals surface area contributed by atoms with Gasteiger partial charge >= 0.3 is 0 Å². The molecule has 0 saturated carbocycles. The molecule has 0 bridgehead atoms. The third-order valence-electron chi connectivity index (χ3n) is 3.42. The van der Waals surface area contributed by atoms with Crippen LogP contribution < -0.4 is 5.32 Å². The Hall–Kier alpha value is -2.13. The molecule has 0 aliphatic rings. The van der Waals surface area contributed by atoms with Gasteiger partial charge in [0.15, 0.2) is 6.10 Å². The van der Waals surface area contributed by atoms with Crippen LogP contribution in [0.3, 0.4) is 0 Å². The van der Waals surface area contributed by atoms with Gasteiger partial charge in [-0.15, -0.1) is 0 Å². The number of carbonyl (C=O) groups excluding carboxylic acids is 1. The topological polar surface area (TPSA) is 49.3 Å². The second kappa shape index (κ2) is 5.88. The Morgan fingerprint density at radius 2 is 1.65 bits per heavy atom. The molecule has 104 valence electrons. The molecule has 0 saturated heterocycles. The molecule has 1 unspecified atom stereocenters. The smallest absolute Gasteiger partial charge is 0.257 e. The second-order valence-corrected chi connectivity index (χ2v) is 5.10. The van der Waals surface area contributed by atoms with Crippen LogP contribution in [0.25, 0.3) is 0 Å². The third kappa shape index (κ3) is 3.25. The van der Waals surface area contributed by atoms with Crippen LogP contribution >= 0.6 is 0 Å². The highest BCUT2D eigenvalue weighted by atomic mass is 16.3. The fourth-order valence-corrected chi connectivity index (χ4v) is 1.93. The minimum Gasteiger partial charge on any atom is -0.378 e. The summed E-state index contributed by atoms with van der Waals surface area (Å²) in [7, 11) is 0. The normalized spacial score (nSPS) is 12.0. The lowest BCUT2D eigenvalue weighted by atomic mass is 10.1. The molecule has 0 aliphatic heterocycles. The molecule has 3 nitrogen and oxygen atoms in total. The van der Waals surface area contributed by atoms with E-state index in [1.165, 1.54) is 5.56 Å². The lowest BCUT2D eigenvalue weighted by molar-refractivity contribution is -0.124. The summed E-state index contributed by atoms with van der Waals surface area (Å²) in [5, 5.41) is 12.8. The van der Waals surface area contributed by atoms with Gasteiger partial charge in [-0.2, -0.15) is 0 Å². The van der Waals surface area contributed by atoms with Crippen molar-refractivity contribution in [2.24, 2.45) is 0 Å². The van der Waals surface area contributed by atoms with Crippen LogP contribution in [-0.2, 0) is 4.79 Å². The zero-order valence-electron chi connectivity index (χ0n) is 12.0. The highest BCUT2D eigenvalue weighted by molar-refractivity contribution is 5.94. The minimum absolute atomic E-state index is 0.419. The predicted octanol–water partition coefficient (Wildman–Crippen LogP) is 3.28. The Morgan fingerprint density at radius 1 is 1.00 bits per heavy atom. The number of anilines is 1. The molecule has 0 radical (unpaired) electrons. The van der Waals surface area contributed by atoms with Crippen molar-refractivity contribution in [1.29, 1.82) is 0 Å². The van der Waals surface area contributed by atoms with Gasteiger partial charge in [0, 0.05) is 5.69 Å². The summed E-state index contributed by atoms with van der Waals surface area (Å²) in [6, 6.07) is 13.0. The van der Waals surface area contributed by atoms with E-state index in [0.29, 0.717) is 11.3 Å². The van der Waals surface area contributed by atoms with E-state index in [1.54, 1.807) is 12.1 Å². The number of amides is 1. The van der Waals surface area contributed by atoms with Gasteiger partial charge in [-0.05, 0) is 49.6 Å². The van der Waals surface area contributed by atoms with E-state index in [2.05, 4.69) is 5.32 Å². The first kappa shape index (κ1) is 14.3. The summed E-state index contributed by atoms with van der Waals surface area (Å²) in [6.45, 7) is 5.97. The Bertz CT molecular complexity index is 617. The number of aryl methyl sites for hydroxylation is 3. The van der Waals surface area contributed by atoms with Gasteiger partial charge in [-0.1, -0.05) is 35.9 Å². The maximum atomic E-state index is 12.0. The Labute approximate surface area is 119 Å². The van der Waals surface area contributed by atoms with E-state index in [9.17, 15) is 9.90 Å². The first-order valence-electron chi connectivity index (χ1n) is 6.60. The maximum Gasteiger partial charge on any atom is 0.257 e. The Morgan fingerprint density at radius 3 is 2.25 bits per heavy atom. The van der Waals surface area contributed by atoms with E-state index in [4.69, 9.17) is 0 Å². The molecule has 0 fully saturated rings. The molecule has 0 heterocycles. The molecule has 3 heteroatoms. The van der Waals surface area contributed by atoms with E-state index >= 15 is 0 Å². The van der Waals surface area contributed by atoms with E-state index in [0.717, 1.165) is 11.1 Å². The SMILES string of the molecule is Cc1ccc(C(O)C(=O)Nc2ccc(C)c(C)c2)cc1. The summed E-state index contributed by atoms with van der Waals surface area (Å²) in [6.07, 6.45) is -1.16. The van der Waals surface area contributed by atoms with E-state index < -0.39 is 12.0 Å². The quantitative estimate of drug-likeness (QED) is 0.898. The fourth-order valence-electron chi connectivity index (χ4n) is 1.93. The van der Waals surface area contributed by atoms with Crippen LogP contribution in [0.1, 0.15) is 28.4 Å². The highest BCUT2D eigenvalue weighted by Gasteiger charge is 2.17. The van der Waals surface area contributed by atoms with Crippen molar-refractivity contribution in [2.75, 3.05) is 5.32 Å². The average Bonchev–Trinajstić information content (AvgIpc) is 2.43. The first-order valence-corrected chi connectivity index (χ1v) is 6.60. The zero-order valence-corrected chi connectivity index (χ0v) is 12.0. The molecule has 20 heavy (non-hydrogen) atoms. The van der Waals surface area contributed by atoms with Crippen LogP contribution in [0.4, 0.5) is 5.69 Å². The molecular weight excluding hydrogens is 250 g/mol. The van der Waals surface area contributed by atoms with Gasteiger partial charge in [-0.3, -0.25) is 4.79 Å². The maximum absolute atomic E-state index is 12.0. The number of nitrogens with one attached hydrogen (secondary N) is 1. The average molecular weight is 269 g/mol. The van der Waals surface area contributed by atoms with Gasteiger partial charge in [0.25, 0.3) is 5.91 Å². The number of benzene rings is 2. The van der Waals surface area contributed by atoms with Gasteiger partial charge in [0.05, 0.1) is 0 Å². The Kier molecular flexibility index (Phi) is 4.20. The van der Waals surface area contributed by atoms with Crippen molar-refractivity contribution in [3.05, 3.63) is 64.7 Å². The van der Waals surface area contributed by atoms with Crippen molar-refractivity contribution in [1.82, 2.24) is 0 Å². The molecule has 0 aliphatic carbocycles. The van der Waals surface area contributed by atoms with Crippen LogP contribution in [0.5, 0.6) is 0 Å². The van der Waals surface area contributed by atoms with Crippen molar-refractivity contribution in [3.63, 3.8) is 0 Å². The molecule has 2 aromatic carbocycles. The summed E-state index contributed by atoms with van der Waals surface area (Å²) in [5.74, 6) is -0.419. The predicted molar refractivity (Wildman–Crippen MR) is 80.7 cm³/mol. The van der Waals surface area contributed by atoms with Gasteiger partial charge in [0.2, 0.25) is 0 Å². The molecule has 1 amide bonds. The number of aliphatic hydroxyl groups is 1. The first-order chi connectivity index (χ1) is 9.47. The largest absolute Gasteiger partial charge is 0.378 e. The molecular formula is C17H19NO2. The molecule has 2 rings (SSSR count). The van der Waals surface area contributed by atoms with Gasteiger partial charge < -0.3 is 10.4 Å². The number of hydrogen-bond donors (Lipinski definition) is 2. The molecule has 2 aromatic rings. The van der Waals surface area contributed by atoms with E-state index in [-0.39, 0.29) is 0 Å². The molecule has 0 spiro atoms. The summed E-state index contributed by atoms with van der Waals surface area (Å²) >= 11 is 0. The van der Waals surface area contributed by atoms with Crippen LogP contribution in [0, 0.1) is 20.8 Å². The lowest BCUT2D eigenvalue weighted by Gasteiger charge is -2.13. The Balaban J connectivity index is 2.11. The second-order valence-electron chi connectivity index (χ2n) is 5.10. The minimum atomic E-state index is -1.16. The van der Waals surface area contributed by atoms with Gasteiger partial charge in [-0.25, -0.2) is 0 Å². The summed E-state index contributed by atoms with van der Waals surface area (Å²) < 4.78 is 0. The number of hydrogen-bond acceptors (Lipinski definition) is 2.